The van der Waals surface area contributed by atoms with E-state index in [0.29, 0.717) is 18.0 Å². The maximum Gasteiger partial charge on any atom is 0.258 e. The van der Waals surface area contributed by atoms with Crippen LogP contribution in [0.15, 0.2) is 53.3 Å². The molecule has 0 aliphatic heterocycles. The zero-order chi connectivity index (χ0) is 19.8. The molecule has 28 heavy (non-hydrogen) atoms. The zero-order valence-corrected chi connectivity index (χ0v) is 16.7. The van der Waals surface area contributed by atoms with Crippen LogP contribution in [0.3, 0.4) is 0 Å². The number of hydrogen-bond acceptors (Lipinski definition) is 2. The van der Waals surface area contributed by atoms with Crippen molar-refractivity contribution in [1.29, 1.82) is 0 Å². The molecule has 2 aromatic carbocycles. The summed E-state index contributed by atoms with van der Waals surface area (Å²) in [6.07, 6.45) is 3.22. The van der Waals surface area contributed by atoms with E-state index in [1.54, 1.807) is 15.5 Å². The van der Waals surface area contributed by atoms with Crippen LogP contribution >= 0.6 is 0 Å². The summed E-state index contributed by atoms with van der Waals surface area (Å²) in [6, 6.07) is 15.6. The molecule has 4 nitrogen and oxygen atoms in total. The van der Waals surface area contributed by atoms with Crippen molar-refractivity contribution in [2.45, 2.75) is 45.6 Å². The van der Waals surface area contributed by atoms with Gasteiger partial charge in [0.05, 0.1) is 5.52 Å². The Morgan fingerprint density at radius 3 is 2.39 bits per heavy atom. The molecule has 0 spiro atoms. The molecule has 4 heteroatoms. The van der Waals surface area contributed by atoms with Gasteiger partial charge in [0.2, 0.25) is 0 Å². The average Bonchev–Trinajstić information content (AvgIpc) is 3.57. The number of aryl methyl sites for hydroxylation is 2. The lowest BCUT2D eigenvalue weighted by Gasteiger charge is -2.20. The molecular weight excluding hydrogens is 348 g/mol. The predicted molar refractivity (Wildman–Crippen MR) is 114 cm³/mol. The van der Waals surface area contributed by atoms with E-state index in [1.807, 2.05) is 50.4 Å². The first-order valence-electron chi connectivity index (χ1n) is 10.1. The monoisotopic (exact) mass is 374 g/mol. The largest absolute Gasteiger partial charge is 0.311 e. The van der Waals surface area contributed by atoms with Gasteiger partial charge in [-0.1, -0.05) is 19.1 Å². The van der Waals surface area contributed by atoms with Crippen molar-refractivity contribution < 1.29 is 4.79 Å². The van der Waals surface area contributed by atoms with Crippen molar-refractivity contribution in [3.8, 4) is 0 Å². The van der Waals surface area contributed by atoms with Gasteiger partial charge in [-0.25, -0.2) is 0 Å². The third-order valence-corrected chi connectivity index (χ3v) is 5.76. The Morgan fingerprint density at radius 1 is 1.07 bits per heavy atom. The van der Waals surface area contributed by atoms with E-state index in [0.717, 1.165) is 41.4 Å². The van der Waals surface area contributed by atoms with Crippen molar-refractivity contribution in [2.24, 2.45) is 0 Å². The highest BCUT2D eigenvalue weighted by Crippen LogP contribution is 2.43. The van der Waals surface area contributed by atoms with Gasteiger partial charge in [0.15, 0.2) is 0 Å². The topological polar surface area (TPSA) is 42.3 Å². The summed E-state index contributed by atoms with van der Waals surface area (Å²) in [5.74, 6) is 0.443. The van der Waals surface area contributed by atoms with Crippen LogP contribution in [0.2, 0.25) is 0 Å². The van der Waals surface area contributed by atoms with Crippen LogP contribution < -0.4 is 10.5 Å². The van der Waals surface area contributed by atoms with Gasteiger partial charge in [0.1, 0.15) is 0 Å². The number of carbonyl (C=O) groups is 1. The zero-order valence-electron chi connectivity index (χ0n) is 16.7. The lowest BCUT2D eigenvalue weighted by molar-refractivity contribution is 0.0993. The molecule has 0 atom stereocenters. The summed E-state index contributed by atoms with van der Waals surface area (Å²) in [4.78, 5) is 27.1. The van der Waals surface area contributed by atoms with Crippen molar-refractivity contribution in [3.63, 3.8) is 0 Å². The van der Waals surface area contributed by atoms with Crippen molar-refractivity contribution in [1.82, 2.24) is 4.57 Å². The molecule has 1 aliphatic rings. The summed E-state index contributed by atoms with van der Waals surface area (Å²) >= 11 is 0. The maximum atomic E-state index is 13.0. The highest BCUT2D eigenvalue weighted by molar-refractivity contribution is 6.06. The first-order valence-corrected chi connectivity index (χ1v) is 10.1. The van der Waals surface area contributed by atoms with E-state index in [-0.39, 0.29) is 11.5 Å². The molecule has 4 rings (SSSR count). The molecule has 0 N–H and O–H groups in total. The van der Waals surface area contributed by atoms with Crippen molar-refractivity contribution in [3.05, 3.63) is 75.6 Å². The lowest BCUT2D eigenvalue weighted by atomic mass is 10.0. The highest BCUT2D eigenvalue weighted by atomic mass is 16.2. The van der Waals surface area contributed by atoms with E-state index in [4.69, 9.17) is 0 Å². The summed E-state index contributed by atoms with van der Waals surface area (Å²) < 4.78 is 1.80. The number of carbonyl (C=O) groups excluding carboxylic acids is 1. The third-order valence-electron chi connectivity index (χ3n) is 5.76. The fourth-order valence-corrected chi connectivity index (χ4v) is 3.86. The number of fused-ring (bicyclic) bond motifs is 1. The van der Waals surface area contributed by atoms with Crippen LogP contribution in [-0.2, 0) is 13.0 Å². The molecule has 0 unspecified atom stereocenters. The summed E-state index contributed by atoms with van der Waals surface area (Å²) in [5, 5.41) is 1.09. The summed E-state index contributed by atoms with van der Waals surface area (Å²) in [6.45, 7) is 4.73. The molecule has 144 valence electrons. The number of hydrogen-bond donors (Lipinski definition) is 0. The van der Waals surface area contributed by atoms with E-state index < -0.39 is 0 Å². The van der Waals surface area contributed by atoms with E-state index in [1.165, 1.54) is 5.56 Å². The van der Waals surface area contributed by atoms with E-state index >= 15 is 0 Å². The quantitative estimate of drug-likeness (QED) is 0.647. The Bertz CT molecular complexity index is 1090. The second-order valence-corrected chi connectivity index (χ2v) is 7.57. The molecule has 1 aromatic heterocycles. The second kappa shape index (κ2) is 7.27. The van der Waals surface area contributed by atoms with Crippen molar-refractivity contribution in [2.75, 3.05) is 11.9 Å². The van der Waals surface area contributed by atoms with Crippen LogP contribution in [0.4, 0.5) is 5.69 Å². The van der Waals surface area contributed by atoms with Gasteiger partial charge in [-0.2, -0.15) is 0 Å². The number of benzene rings is 2. The number of nitrogens with zero attached hydrogens (tertiary/aromatic N) is 2. The Kier molecular flexibility index (Phi) is 4.80. The van der Waals surface area contributed by atoms with Gasteiger partial charge in [0.25, 0.3) is 11.5 Å². The number of amides is 1. The Hall–Kier alpha value is -2.88. The first kappa shape index (κ1) is 18.5. The minimum Gasteiger partial charge on any atom is -0.311 e. The molecule has 0 radical (unpaired) electrons. The molecule has 3 aromatic rings. The van der Waals surface area contributed by atoms with Gasteiger partial charge in [-0.3, -0.25) is 9.59 Å². The first-order chi connectivity index (χ1) is 13.5. The van der Waals surface area contributed by atoms with Crippen molar-refractivity contribution >= 4 is 22.5 Å². The van der Waals surface area contributed by atoms with Gasteiger partial charge < -0.3 is 9.47 Å². The SMILES string of the molecule is CCc1ccc(C(=O)N(C)c2ccc3c(c2)c(C2CC2)cc(=O)n3CC)cc1. The molecule has 0 saturated heterocycles. The molecule has 0 bridgehead atoms. The minimum absolute atomic E-state index is 0.0289. The van der Waals surface area contributed by atoms with Gasteiger partial charge >= 0.3 is 0 Å². The number of aromatic nitrogens is 1. The normalized spacial score (nSPS) is 13.7. The smallest absolute Gasteiger partial charge is 0.258 e. The Balaban J connectivity index is 1.76. The fraction of sp³-hybridized carbons (Fsp3) is 0.333. The Morgan fingerprint density at radius 2 is 1.79 bits per heavy atom. The fourth-order valence-electron chi connectivity index (χ4n) is 3.86. The molecule has 1 heterocycles. The van der Waals surface area contributed by atoms with Crippen LogP contribution in [0, 0.1) is 0 Å². The number of pyridine rings is 1. The molecule has 1 amide bonds. The van der Waals surface area contributed by atoms with Crippen LogP contribution in [-0.4, -0.2) is 17.5 Å². The predicted octanol–water partition coefficient (Wildman–Crippen LogP) is 4.74. The van der Waals surface area contributed by atoms with E-state index in [9.17, 15) is 9.59 Å². The number of rotatable bonds is 5. The second-order valence-electron chi connectivity index (χ2n) is 7.57. The van der Waals surface area contributed by atoms with Crippen LogP contribution in [0.25, 0.3) is 10.9 Å². The average molecular weight is 374 g/mol. The van der Waals surface area contributed by atoms with E-state index in [2.05, 4.69) is 13.0 Å². The minimum atomic E-state index is -0.0289. The molecule has 1 aliphatic carbocycles. The van der Waals surface area contributed by atoms with Gasteiger partial charge in [-0.05, 0) is 73.6 Å². The maximum absolute atomic E-state index is 13.0. The lowest BCUT2D eigenvalue weighted by Crippen LogP contribution is -2.26. The Labute approximate surface area is 165 Å². The molecule has 1 saturated carbocycles. The highest BCUT2D eigenvalue weighted by Gasteiger charge is 2.27. The summed E-state index contributed by atoms with van der Waals surface area (Å²) in [5.41, 5.74) is 4.89. The van der Waals surface area contributed by atoms with Gasteiger partial charge in [-0.15, -0.1) is 0 Å². The van der Waals surface area contributed by atoms with Crippen LogP contribution in [0.5, 0.6) is 0 Å². The number of anilines is 1. The third kappa shape index (κ3) is 3.24. The standard InChI is InChI=1S/C24H26N2O2/c1-4-16-6-8-18(9-7-16)24(28)25(3)19-12-13-22-21(14-19)20(17-10-11-17)15-23(27)26(22)5-2/h6-9,12-15,17H,4-5,10-11H2,1-3H3. The van der Waals surface area contributed by atoms with Crippen LogP contribution in [0.1, 0.15) is 54.1 Å². The van der Waals surface area contributed by atoms with Gasteiger partial charge in [0, 0.05) is 36.3 Å². The molecule has 1 fully saturated rings. The summed E-state index contributed by atoms with van der Waals surface area (Å²) in [7, 11) is 1.81. The molecular formula is C24H26N2O2.